The van der Waals surface area contributed by atoms with Crippen molar-refractivity contribution in [1.82, 2.24) is 15.1 Å². The number of fused-ring (bicyclic) bond motifs is 1. The second-order valence-corrected chi connectivity index (χ2v) is 11.2. The number of likely N-dealkylation sites (tertiary alicyclic amines) is 1. The summed E-state index contributed by atoms with van der Waals surface area (Å²) in [5, 5.41) is 12.4. The predicted molar refractivity (Wildman–Crippen MR) is 123 cm³/mol. The minimum absolute atomic E-state index is 0.520. The molecule has 1 spiro atoms. The Morgan fingerprint density at radius 2 is 1.94 bits per heavy atom. The molecule has 168 valence electrons. The molecule has 2 saturated carbocycles. The maximum absolute atomic E-state index is 5.42. The minimum atomic E-state index is 0.520. The second kappa shape index (κ2) is 7.73. The molecular weight excluding hydrogens is 386 g/mol. The first-order chi connectivity index (χ1) is 15.1. The van der Waals surface area contributed by atoms with Crippen molar-refractivity contribution < 1.29 is 4.74 Å². The zero-order chi connectivity index (χ0) is 20.9. The summed E-state index contributed by atoms with van der Waals surface area (Å²) in [6.07, 6.45) is 10.8. The van der Waals surface area contributed by atoms with E-state index in [2.05, 4.69) is 50.4 Å². The molecule has 0 radical (unpaired) electrons. The minimum Gasteiger partial charge on any atom is -0.378 e. The molecule has 1 aromatic rings. The van der Waals surface area contributed by atoms with E-state index < -0.39 is 0 Å². The molecule has 6 rings (SSSR count). The third-order valence-corrected chi connectivity index (χ3v) is 8.77. The van der Waals surface area contributed by atoms with Crippen LogP contribution in [0.5, 0.6) is 0 Å². The Balaban J connectivity index is 0.952. The van der Waals surface area contributed by atoms with Crippen molar-refractivity contribution in [3.05, 3.63) is 23.8 Å². The van der Waals surface area contributed by atoms with Gasteiger partial charge in [0.05, 0.1) is 13.2 Å². The highest BCUT2D eigenvalue weighted by molar-refractivity contribution is 5.44. The maximum atomic E-state index is 5.42. The standard InChI is InChI=1S/C25H37N5O/c1-24(5-4-19-14-20(19)15-24)18-29-8-6-25(7-9-29)16-21(25)17-26-22-2-3-23(28-27-22)30-10-12-31-13-11-30/h2-4,20-21H,5-18H2,1H3,(H,26,27). The van der Waals surface area contributed by atoms with E-state index in [0.29, 0.717) is 10.8 Å². The Bertz CT molecular complexity index is 825. The number of hydrogen-bond acceptors (Lipinski definition) is 6. The lowest BCUT2D eigenvalue weighted by atomic mass is 9.77. The van der Waals surface area contributed by atoms with Gasteiger partial charge in [0.15, 0.2) is 5.82 Å². The van der Waals surface area contributed by atoms with Crippen molar-refractivity contribution in [3.63, 3.8) is 0 Å². The van der Waals surface area contributed by atoms with Crippen LogP contribution < -0.4 is 10.2 Å². The average molecular weight is 424 g/mol. The van der Waals surface area contributed by atoms with Crippen LogP contribution in [0.2, 0.25) is 0 Å². The number of allylic oxidation sites excluding steroid dienone is 2. The molecule has 3 heterocycles. The molecule has 6 nitrogen and oxygen atoms in total. The van der Waals surface area contributed by atoms with E-state index in [1.54, 1.807) is 5.57 Å². The summed E-state index contributed by atoms with van der Waals surface area (Å²) in [6.45, 7) is 10.8. The Kier molecular flexibility index (Phi) is 4.98. The summed E-state index contributed by atoms with van der Waals surface area (Å²) in [7, 11) is 0. The highest BCUT2D eigenvalue weighted by Gasteiger charge is 2.54. The molecular formula is C25H37N5O. The van der Waals surface area contributed by atoms with Gasteiger partial charge in [-0.25, -0.2) is 0 Å². The van der Waals surface area contributed by atoms with Gasteiger partial charge in [-0.3, -0.25) is 0 Å². The van der Waals surface area contributed by atoms with Gasteiger partial charge >= 0.3 is 0 Å². The van der Waals surface area contributed by atoms with E-state index in [1.807, 2.05) is 0 Å². The van der Waals surface area contributed by atoms with Gasteiger partial charge in [0.2, 0.25) is 0 Å². The summed E-state index contributed by atoms with van der Waals surface area (Å²) < 4.78 is 5.42. The zero-order valence-corrected chi connectivity index (χ0v) is 19.0. The number of nitrogens with zero attached hydrogens (tertiary/aromatic N) is 4. The van der Waals surface area contributed by atoms with Crippen LogP contribution in [0.3, 0.4) is 0 Å². The molecule has 2 aliphatic heterocycles. The summed E-state index contributed by atoms with van der Waals surface area (Å²) in [6, 6.07) is 4.17. The molecule has 3 unspecified atom stereocenters. The fourth-order valence-corrected chi connectivity index (χ4v) is 6.50. The smallest absolute Gasteiger partial charge is 0.151 e. The molecule has 5 aliphatic rings. The quantitative estimate of drug-likeness (QED) is 0.706. The molecule has 3 atom stereocenters. The van der Waals surface area contributed by atoms with E-state index in [9.17, 15) is 0 Å². The van der Waals surface area contributed by atoms with Crippen LogP contribution in [0, 0.1) is 22.7 Å². The Labute approximate surface area is 186 Å². The highest BCUT2D eigenvalue weighted by atomic mass is 16.5. The lowest BCUT2D eigenvalue weighted by Gasteiger charge is -2.40. The molecule has 2 saturated heterocycles. The first kappa shape index (κ1) is 20.0. The van der Waals surface area contributed by atoms with E-state index >= 15 is 0 Å². The molecule has 0 bridgehead atoms. The molecule has 1 aromatic heterocycles. The van der Waals surface area contributed by atoms with Gasteiger partial charge in [0, 0.05) is 26.2 Å². The molecule has 6 heteroatoms. The number of morpholine rings is 1. The van der Waals surface area contributed by atoms with Crippen molar-refractivity contribution in [2.75, 3.05) is 62.7 Å². The van der Waals surface area contributed by atoms with Gasteiger partial charge in [-0.2, -0.15) is 0 Å². The van der Waals surface area contributed by atoms with Crippen LogP contribution in [0.15, 0.2) is 23.8 Å². The number of aromatic nitrogens is 2. The van der Waals surface area contributed by atoms with Crippen LogP contribution in [0.25, 0.3) is 0 Å². The van der Waals surface area contributed by atoms with Crippen LogP contribution in [-0.2, 0) is 4.74 Å². The second-order valence-electron chi connectivity index (χ2n) is 11.2. The Morgan fingerprint density at radius 1 is 1.10 bits per heavy atom. The van der Waals surface area contributed by atoms with Crippen molar-refractivity contribution in [1.29, 1.82) is 0 Å². The van der Waals surface area contributed by atoms with E-state index in [1.165, 1.54) is 58.2 Å². The molecule has 0 aromatic carbocycles. The first-order valence-corrected chi connectivity index (χ1v) is 12.4. The summed E-state index contributed by atoms with van der Waals surface area (Å²) in [5.41, 5.74) is 2.87. The maximum Gasteiger partial charge on any atom is 0.151 e. The first-order valence-electron chi connectivity index (χ1n) is 12.4. The van der Waals surface area contributed by atoms with Gasteiger partial charge in [-0.05, 0) is 86.4 Å². The normalized spacial score (nSPS) is 34.2. The lowest BCUT2D eigenvalue weighted by molar-refractivity contribution is 0.0988. The SMILES string of the molecule is CC1(CN2CCC3(CC2)CC3CNc2ccc(N3CCOCC3)nn2)CC=C2CC2C1. The largest absolute Gasteiger partial charge is 0.378 e. The van der Waals surface area contributed by atoms with Gasteiger partial charge in [0.25, 0.3) is 0 Å². The molecule has 31 heavy (non-hydrogen) atoms. The fraction of sp³-hybridized carbons (Fsp3) is 0.760. The topological polar surface area (TPSA) is 53.5 Å². The Hall–Kier alpha value is -1.66. The van der Waals surface area contributed by atoms with E-state index in [0.717, 1.165) is 56.3 Å². The van der Waals surface area contributed by atoms with Crippen LogP contribution in [-0.4, -0.2) is 67.6 Å². The van der Waals surface area contributed by atoms with Crippen molar-refractivity contribution in [2.45, 2.75) is 45.4 Å². The summed E-state index contributed by atoms with van der Waals surface area (Å²) >= 11 is 0. The van der Waals surface area contributed by atoms with Gasteiger partial charge in [0.1, 0.15) is 5.82 Å². The Morgan fingerprint density at radius 3 is 2.68 bits per heavy atom. The fourth-order valence-electron chi connectivity index (χ4n) is 6.50. The van der Waals surface area contributed by atoms with Gasteiger partial charge in [-0.1, -0.05) is 18.6 Å². The lowest BCUT2D eigenvalue weighted by Crippen LogP contribution is -2.42. The molecule has 1 N–H and O–H groups in total. The van der Waals surface area contributed by atoms with Crippen molar-refractivity contribution >= 4 is 11.6 Å². The number of ether oxygens (including phenoxy) is 1. The molecule has 3 aliphatic carbocycles. The summed E-state index contributed by atoms with van der Waals surface area (Å²) in [4.78, 5) is 5.02. The third kappa shape index (κ3) is 4.21. The number of hydrogen-bond donors (Lipinski definition) is 1. The molecule has 4 fully saturated rings. The highest BCUT2D eigenvalue weighted by Crippen LogP contribution is 2.59. The number of nitrogens with one attached hydrogen (secondary N) is 1. The third-order valence-electron chi connectivity index (χ3n) is 8.77. The van der Waals surface area contributed by atoms with Crippen molar-refractivity contribution in [3.8, 4) is 0 Å². The average Bonchev–Trinajstić information content (AvgIpc) is 3.71. The predicted octanol–water partition coefficient (Wildman–Crippen LogP) is 3.57. The number of anilines is 2. The van der Waals surface area contributed by atoms with Crippen LogP contribution >= 0.6 is 0 Å². The summed E-state index contributed by atoms with van der Waals surface area (Å²) in [5.74, 6) is 3.62. The van der Waals surface area contributed by atoms with E-state index in [-0.39, 0.29) is 0 Å². The number of piperidine rings is 1. The van der Waals surface area contributed by atoms with Gasteiger partial charge in [-0.15, -0.1) is 10.2 Å². The van der Waals surface area contributed by atoms with Crippen LogP contribution in [0.1, 0.15) is 45.4 Å². The monoisotopic (exact) mass is 423 g/mol. The molecule has 0 amide bonds. The number of rotatable bonds is 6. The van der Waals surface area contributed by atoms with Gasteiger partial charge < -0.3 is 19.9 Å². The zero-order valence-electron chi connectivity index (χ0n) is 19.0. The van der Waals surface area contributed by atoms with Crippen molar-refractivity contribution in [2.24, 2.45) is 22.7 Å². The van der Waals surface area contributed by atoms with Crippen LogP contribution in [0.4, 0.5) is 11.6 Å². The van der Waals surface area contributed by atoms with E-state index in [4.69, 9.17) is 4.74 Å².